The van der Waals surface area contributed by atoms with Crippen LogP contribution in [0.1, 0.15) is 32.4 Å². The third-order valence-electron chi connectivity index (χ3n) is 2.87. The van der Waals surface area contributed by atoms with Crippen molar-refractivity contribution in [3.8, 4) is 5.75 Å². The van der Waals surface area contributed by atoms with Crippen LogP contribution in [0.2, 0.25) is 0 Å². The first kappa shape index (κ1) is 15.5. The maximum Gasteiger partial charge on any atom is 0.257 e. The molecule has 0 spiro atoms. The minimum atomic E-state index is -0.0826. The quantitative estimate of drug-likeness (QED) is 0.793. The molecular formula is C15H24N2O2. The van der Waals surface area contributed by atoms with Gasteiger partial charge in [0.1, 0.15) is 5.75 Å². The number of carbonyl (C=O) groups excluding carboxylic acids is 1. The Bertz CT molecular complexity index is 405. The van der Waals surface area contributed by atoms with Crippen molar-refractivity contribution in [1.82, 2.24) is 10.6 Å². The summed E-state index contributed by atoms with van der Waals surface area (Å²) in [5, 5.41) is 6.00. The van der Waals surface area contributed by atoms with Crippen LogP contribution in [-0.4, -0.2) is 26.1 Å². The second-order valence-corrected chi connectivity index (χ2v) is 5.07. The molecule has 0 fully saturated rings. The Balaban J connectivity index is 2.47. The van der Waals surface area contributed by atoms with E-state index in [4.69, 9.17) is 4.74 Å². The molecule has 19 heavy (non-hydrogen) atoms. The van der Waals surface area contributed by atoms with E-state index in [9.17, 15) is 4.79 Å². The van der Waals surface area contributed by atoms with E-state index < -0.39 is 0 Å². The zero-order chi connectivity index (χ0) is 14.3. The molecule has 0 saturated carbocycles. The monoisotopic (exact) mass is 264 g/mol. The Morgan fingerprint density at radius 2 is 2.05 bits per heavy atom. The van der Waals surface area contributed by atoms with Crippen LogP contribution < -0.4 is 15.4 Å². The van der Waals surface area contributed by atoms with Crippen LogP contribution in [0.3, 0.4) is 0 Å². The van der Waals surface area contributed by atoms with Gasteiger partial charge in [-0.1, -0.05) is 26.0 Å². The maximum absolute atomic E-state index is 11.5. The van der Waals surface area contributed by atoms with E-state index in [0.717, 1.165) is 11.3 Å². The van der Waals surface area contributed by atoms with Gasteiger partial charge in [-0.25, -0.2) is 0 Å². The molecule has 0 aromatic heterocycles. The fourth-order valence-electron chi connectivity index (χ4n) is 1.56. The second kappa shape index (κ2) is 7.79. The Morgan fingerprint density at radius 3 is 2.68 bits per heavy atom. The van der Waals surface area contributed by atoms with Gasteiger partial charge in [-0.05, 0) is 37.6 Å². The smallest absolute Gasteiger partial charge is 0.257 e. The van der Waals surface area contributed by atoms with E-state index in [1.54, 1.807) is 0 Å². The average molecular weight is 264 g/mol. The molecule has 1 aromatic carbocycles. The lowest BCUT2D eigenvalue weighted by Crippen LogP contribution is -2.31. The summed E-state index contributed by atoms with van der Waals surface area (Å²) < 4.78 is 5.50. The van der Waals surface area contributed by atoms with Gasteiger partial charge in [0.2, 0.25) is 0 Å². The van der Waals surface area contributed by atoms with Crippen molar-refractivity contribution < 1.29 is 9.53 Å². The highest BCUT2D eigenvalue weighted by molar-refractivity contribution is 5.77. The molecule has 1 aromatic rings. The van der Waals surface area contributed by atoms with Crippen LogP contribution in [0, 0.1) is 5.92 Å². The summed E-state index contributed by atoms with van der Waals surface area (Å²) in [4.78, 5) is 11.5. The number of carbonyl (C=O) groups is 1. The first-order valence-corrected chi connectivity index (χ1v) is 6.69. The molecular weight excluding hydrogens is 240 g/mol. The van der Waals surface area contributed by atoms with Gasteiger partial charge in [-0.3, -0.25) is 4.79 Å². The summed E-state index contributed by atoms with van der Waals surface area (Å²) in [6.45, 7) is 6.94. The summed E-state index contributed by atoms with van der Waals surface area (Å²) in [7, 11) is 1.91. The Morgan fingerprint density at radius 1 is 1.32 bits per heavy atom. The zero-order valence-electron chi connectivity index (χ0n) is 12.2. The van der Waals surface area contributed by atoms with Gasteiger partial charge in [-0.15, -0.1) is 0 Å². The van der Waals surface area contributed by atoms with Crippen molar-refractivity contribution in [3.05, 3.63) is 29.8 Å². The molecule has 1 rings (SSSR count). The molecule has 4 nitrogen and oxygen atoms in total. The van der Waals surface area contributed by atoms with E-state index in [-0.39, 0.29) is 18.6 Å². The van der Waals surface area contributed by atoms with Crippen molar-refractivity contribution in [2.75, 3.05) is 20.2 Å². The standard InChI is InChI=1S/C15H24N2O2/c1-11(2)9-17-15(18)10-19-14-7-5-6-13(8-14)12(3)16-4/h5-8,11-12,16H,9-10H2,1-4H3,(H,17,18). The molecule has 0 saturated heterocycles. The van der Waals surface area contributed by atoms with E-state index in [1.165, 1.54) is 0 Å². The summed E-state index contributed by atoms with van der Waals surface area (Å²) >= 11 is 0. The molecule has 1 unspecified atom stereocenters. The lowest BCUT2D eigenvalue weighted by Gasteiger charge is -2.13. The van der Waals surface area contributed by atoms with E-state index in [2.05, 4.69) is 31.4 Å². The highest BCUT2D eigenvalue weighted by Crippen LogP contribution is 2.18. The van der Waals surface area contributed by atoms with E-state index in [1.807, 2.05) is 31.3 Å². The minimum absolute atomic E-state index is 0.0596. The van der Waals surface area contributed by atoms with Crippen LogP contribution in [0.5, 0.6) is 5.75 Å². The largest absolute Gasteiger partial charge is 0.484 e. The second-order valence-electron chi connectivity index (χ2n) is 5.07. The van der Waals surface area contributed by atoms with Crippen LogP contribution >= 0.6 is 0 Å². The van der Waals surface area contributed by atoms with Crippen LogP contribution in [0.15, 0.2) is 24.3 Å². The number of rotatable bonds is 7. The lowest BCUT2D eigenvalue weighted by atomic mass is 10.1. The SMILES string of the molecule is CNC(C)c1cccc(OCC(=O)NCC(C)C)c1. The van der Waals surface area contributed by atoms with E-state index >= 15 is 0 Å². The molecule has 0 radical (unpaired) electrons. The molecule has 0 aliphatic carbocycles. The number of benzene rings is 1. The molecule has 1 atom stereocenters. The molecule has 2 N–H and O–H groups in total. The van der Waals surface area contributed by atoms with Gasteiger partial charge in [0, 0.05) is 12.6 Å². The van der Waals surface area contributed by atoms with Crippen molar-refractivity contribution in [1.29, 1.82) is 0 Å². The average Bonchev–Trinajstić information content (AvgIpc) is 2.42. The number of amides is 1. The van der Waals surface area contributed by atoms with E-state index in [0.29, 0.717) is 12.5 Å². The lowest BCUT2D eigenvalue weighted by molar-refractivity contribution is -0.123. The van der Waals surface area contributed by atoms with Gasteiger partial charge in [-0.2, -0.15) is 0 Å². The molecule has 1 amide bonds. The van der Waals surface area contributed by atoms with Crippen LogP contribution in [0.25, 0.3) is 0 Å². The number of ether oxygens (including phenoxy) is 1. The van der Waals surface area contributed by atoms with Crippen molar-refractivity contribution in [2.24, 2.45) is 5.92 Å². The minimum Gasteiger partial charge on any atom is -0.484 e. The first-order chi connectivity index (χ1) is 9.02. The van der Waals surface area contributed by atoms with Crippen LogP contribution in [0.4, 0.5) is 0 Å². The van der Waals surface area contributed by atoms with Gasteiger partial charge >= 0.3 is 0 Å². The number of hydrogen-bond donors (Lipinski definition) is 2. The van der Waals surface area contributed by atoms with Gasteiger partial charge in [0.25, 0.3) is 5.91 Å². The first-order valence-electron chi connectivity index (χ1n) is 6.69. The maximum atomic E-state index is 11.5. The van der Waals surface area contributed by atoms with Crippen molar-refractivity contribution in [3.63, 3.8) is 0 Å². The number of nitrogens with one attached hydrogen (secondary N) is 2. The van der Waals surface area contributed by atoms with Gasteiger partial charge < -0.3 is 15.4 Å². The molecule has 0 bridgehead atoms. The zero-order valence-corrected chi connectivity index (χ0v) is 12.2. The van der Waals surface area contributed by atoms with Crippen molar-refractivity contribution in [2.45, 2.75) is 26.8 Å². The molecule has 106 valence electrons. The third kappa shape index (κ3) is 5.75. The summed E-state index contributed by atoms with van der Waals surface area (Å²) in [5.74, 6) is 1.09. The molecule has 0 aliphatic rings. The summed E-state index contributed by atoms with van der Waals surface area (Å²) in [5.41, 5.74) is 1.14. The predicted octanol–water partition coefficient (Wildman–Crippen LogP) is 2.12. The topological polar surface area (TPSA) is 50.4 Å². The highest BCUT2D eigenvalue weighted by atomic mass is 16.5. The predicted molar refractivity (Wildman–Crippen MR) is 77.3 cm³/mol. The van der Waals surface area contributed by atoms with Gasteiger partial charge in [0.15, 0.2) is 6.61 Å². The summed E-state index contributed by atoms with van der Waals surface area (Å²) in [6.07, 6.45) is 0. The third-order valence-corrected chi connectivity index (χ3v) is 2.87. The van der Waals surface area contributed by atoms with Gasteiger partial charge in [0.05, 0.1) is 0 Å². The Labute approximate surface area is 115 Å². The fraction of sp³-hybridized carbons (Fsp3) is 0.533. The Hall–Kier alpha value is -1.55. The molecule has 4 heteroatoms. The highest BCUT2D eigenvalue weighted by Gasteiger charge is 2.06. The molecule has 0 heterocycles. The Kier molecular flexibility index (Phi) is 6.36. The summed E-state index contributed by atoms with van der Waals surface area (Å²) in [6, 6.07) is 8.05. The normalized spacial score (nSPS) is 12.3. The number of hydrogen-bond acceptors (Lipinski definition) is 3. The van der Waals surface area contributed by atoms with Crippen molar-refractivity contribution >= 4 is 5.91 Å². The fourth-order valence-corrected chi connectivity index (χ4v) is 1.56. The molecule has 0 aliphatic heterocycles. The van der Waals surface area contributed by atoms with Crippen LogP contribution in [-0.2, 0) is 4.79 Å².